The van der Waals surface area contributed by atoms with E-state index in [1.54, 1.807) is 7.11 Å². The summed E-state index contributed by atoms with van der Waals surface area (Å²) in [6.45, 7) is -1.02. The zero-order valence-electron chi connectivity index (χ0n) is 24.3. The van der Waals surface area contributed by atoms with Crippen molar-refractivity contribution in [1.29, 1.82) is 0 Å². The van der Waals surface area contributed by atoms with E-state index < -0.39 is 74.6 Å². The first-order valence-corrected chi connectivity index (χ1v) is 14.2. The molecule has 248 valence electrons. The van der Waals surface area contributed by atoms with E-state index in [0.29, 0.717) is 18.5 Å². The van der Waals surface area contributed by atoms with Gasteiger partial charge in [-0.15, -0.1) is 0 Å². The fourth-order valence-electron chi connectivity index (χ4n) is 4.75. The molecule has 2 aromatic carbocycles. The second-order valence-corrected chi connectivity index (χ2v) is 10.6. The second kappa shape index (κ2) is 15.8. The topological polar surface area (TPSA) is 237 Å². The van der Waals surface area contributed by atoms with Crippen LogP contribution in [0, 0.1) is 0 Å². The molecular weight excluding hydrogens is 598 g/mol. The third kappa shape index (κ3) is 8.47. The van der Waals surface area contributed by atoms with Crippen LogP contribution in [-0.4, -0.2) is 135 Å². The molecule has 9 N–H and O–H groups in total. The van der Waals surface area contributed by atoms with Crippen molar-refractivity contribution < 1.29 is 69.3 Å². The van der Waals surface area contributed by atoms with Gasteiger partial charge in [-0.2, -0.15) is 0 Å². The van der Waals surface area contributed by atoms with Crippen LogP contribution in [0.2, 0.25) is 0 Å². The second-order valence-electron chi connectivity index (χ2n) is 10.6. The van der Waals surface area contributed by atoms with Gasteiger partial charge in [0.2, 0.25) is 18.5 Å². The highest BCUT2D eigenvalue weighted by atomic mass is 16.7. The van der Waals surface area contributed by atoms with Gasteiger partial charge in [-0.1, -0.05) is 18.2 Å². The van der Waals surface area contributed by atoms with Gasteiger partial charge in [0, 0.05) is 12.6 Å². The minimum atomic E-state index is -1.77. The van der Waals surface area contributed by atoms with Crippen molar-refractivity contribution in [3.63, 3.8) is 0 Å². The van der Waals surface area contributed by atoms with Crippen molar-refractivity contribution in [3.8, 4) is 17.2 Å². The Bertz CT molecular complexity index is 1270. The highest BCUT2D eigenvalue weighted by Crippen LogP contribution is 2.35. The first-order valence-electron chi connectivity index (χ1n) is 14.2. The predicted molar refractivity (Wildman–Crippen MR) is 154 cm³/mol. The van der Waals surface area contributed by atoms with Crippen molar-refractivity contribution in [1.82, 2.24) is 5.32 Å². The summed E-state index contributed by atoms with van der Waals surface area (Å²) >= 11 is 0. The molecule has 45 heavy (non-hydrogen) atoms. The Hall–Kier alpha value is -3.35. The number of benzene rings is 2. The van der Waals surface area contributed by atoms with Gasteiger partial charge in [0.25, 0.3) is 0 Å². The molecule has 2 aliphatic heterocycles. The molecule has 2 saturated heterocycles. The van der Waals surface area contributed by atoms with Crippen molar-refractivity contribution >= 4 is 12.0 Å². The lowest BCUT2D eigenvalue weighted by atomic mass is 9.99. The van der Waals surface area contributed by atoms with Gasteiger partial charge in [0.15, 0.2) is 11.5 Å². The third-order valence-corrected chi connectivity index (χ3v) is 7.45. The molecule has 0 radical (unpaired) electrons. The summed E-state index contributed by atoms with van der Waals surface area (Å²) in [5, 5.41) is 83.3. The molecule has 2 fully saturated rings. The summed E-state index contributed by atoms with van der Waals surface area (Å²) < 4.78 is 27.5. The van der Waals surface area contributed by atoms with Gasteiger partial charge in [0.1, 0.15) is 54.6 Å². The Morgan fingerprint density at radius 2 is 1.33 bits per heavy atom. The van der Waals surface area contributed by atoms with Crippen LogP contribution in [-0.2, 0) is 20.7 Å². The zero-order valence-corrected chi connectivity index (χ0v) is 24.3. The Kier molecular flexibility index (Phi) is 12.1. The fourth-order valence-corrected chi connectivity index (χ4v) is 4.75. The molecule has 2 heterocycles. The van der Waals surface area contributed by atoms with Gasteiger partial charge >= 0.3 is 0 Å². The zero-order chi connectivity index (χ0) is 32.7. The fraction of sp³-hybridized carbons (Fsp3) is 0.500. The predicted octanol–water partition coefficient (Wildman–Crippen LogP) is -2.58. The molecule has 1 amide bonds. The first kappa shape index (κ1) is 34.5. The van der Waals surface area contributed by atoms with E-state index in [1.807, 2.05) is 24.3 Å². The molecule has 10 atom stereocenters. The number of aliphatic hydroxyl groups is 8. The average molecular weight is 638 g/mol. The lowest BCUT2D eigenvalue weighted by Crippen LogP contribution is -2.60. The number of hydrogen-bond acceptors (Lipinski definition) is 14. The number of amides is 1. The van der Waals surface area contributed by atoms with E-state index in [0.717, 1.165) is 11.3 Å². The summed E-state index contributed by atoms with van der Waals surface area (Å²) in [5.74, 6) is 0.0579. The van der Waals surface area contributed by atoms with Crippen LogP contribution < -0.4 is 19.5 Å². The van der Waals surface area contributed by atoms with Crippen LogP contribution in [0.4, 0.5) is 0 Å². The van der Waals surface area contributed by atoms with Crippen molar-refractivity contribution in [2.24, 2.45) is 0 Å². The minimum Gasteiger partial charge on any atom is -0.497 e. The maximum absolute atomic E-state index is 12.5. The Labute approximate surface area is 258 Å². The molecule has 2 aliphatic rings. The normalized spacial score (nSPS) is 31.8. The third-order valence-electron chi connectivity index (χ3n) is 7.45. The van der Waals surface area contributed by atoms with E-state index in [4.69, 9.17) is 23.7 Å². The Morgan fingerprint density at radius 1 is 0.778 bits per heavy atom. The summed E-state index contributed by atoms with van der Waals surface area (Å²) in [4.78, 5) is 12.5. The lowest BCUT2D eigenvalue weighted by Gasteiger charge is -2.40. The van der Waals surface area contributed by atoms with Gasteiger partial charge < -0.3 is 69.9 Å². The van der Waals surface area contributed by atoms with E-state index in [2.05, 4.69) is 5.32 Å². The monoisotopic (exact) mass is 637 g/mol. The van der Waals surface area contributed by atoms with E-state index in [-0.39, 0.29) is 17.4 Å². The van der Waals surface area contributed by atoms with Crippen molar-refractivity contribution in [2.45, 2.75) is 67.8 Å². The maximum Gasteiger partial charge on any atom is 0.244 e. The van der Waals surface area contributed by atoms with Crippen LogP contribution in [0.25, 0.3) is 6.08 Å². The summed E-state index contributed by atoms with van der Waals surface area (Å²) in [6.07, 6.45) is -12.6. The van der Waals surface area contributed by atoms with Gasteiger partial charge in [0.05, 0.1) is 20.3 Å². The molecule has 0 aliphatic carbocycles. The molecule has 0 aromatic heterocycles. The van der Waals surface area contributed by atoms with Crippen molar-refractivity contribution in [3.05, 3.63) is 59.7 Å². The van der Waals surface area contributed by atoms with Crippen LogP contribution in [0.3, 0.4) is 0 Å². The smallest absolute Gasteiger partial charge is 0.244 e. The highest BCUT2D eigenvalue weighted by Gasteiger charge is 2.46. The minimum absolute atomic E-state index is 0.127. The van der Waals surface area contributed by atoms with Crippen LogP contribution in [0.1, 0.15) is 11.1 Å². The number of aliphatic hydroxyl groups excluding tert-OH is 8. The summed E-state index contributed by atoms with van der Waals surface area (Å²) in [5.41, 5.74) is 1.41. The van der Waals surface area contributed by atoms with E-state index in [9.17, 15) is 45.6 Å². The number of hydrogen-bond donors (Lipinski definition) is 9. The molecule has 4 rings (SSSR count). The largest absolute Gasteiger partial charge is 0.497 e. The van der Waals surface area contributed by atoms with Crippen molar-refractivity contribution in [2.75, 3.05) is 26.9 Å². The van der Waals surface area contributed by atoms with Crippen LogP contribution >= 0.6 is 0 Å². The van der Waals surface area contributed by atoms with Gasteiger partial charge in [-0.05, 0) is 47.9 Å². The molecule has 0 saturated carbocycles. The molecule has 15 heteroatoms. The number of carbonyl (C=O) groups excluding carboxylic acids is 1. The molecular formula is C30H39NO14. The molecule has 0 bridgehead atoms. The van der Waals surface area contributed by atoms with E-state index in [1.165, 1.54) is 30.4 Å². The van der Waals surface area contributed by atoms with Crippen LogP contribution in [0.5, 0.6) is 17.2 Å². The Morgan fingerprint density at radius 3 is 1.87 bits per heavy atom. The number of methoxy groups -OCH3 is 1. The number of carbonyl (C=O) groups is 1. The summed E-state index contributed by atoms with van der Waals surface area (Å²) in [6, 6.07) is 11.7. The Balaban J connectivity index is 1.50. The molecule has 0 unspecified atom stereocenters. The number of nitrogens with one attached hydrogen (secondary N) is 1. The quantitative estimate of drug-likeness (QED) is 0.109. The summed E-state index contributed by atoms with van der Waals surface area (Å²) in [7, 11) is 1.58. The van der Waals surface area contributed by atoms with Crippen LogP contribution in [0.15, 0.2) is 48.5 Å². The average Bonchev–Trinajstić information content (AvgIpc) is 3.05. The first-order chi connectivity index (χ1) is 21.6. The SMILES string of the molecule is COc1ccc(CCNC(=O)/C=C/c2ccc(O[C@@H]3O[C@H](CO)[C@@H](O)[C@H](O)[C@H]3O)c(O[C@@H]3O[C@H](CO)[C@@H](O)[C@H](O)[C@H]3O)c2)cc1. The number of rotatable bonds is 12. The maximum atomic E-state index is 12.5. The molecule has 0 spiro atoms. The lowest BCUT2D eigenvalue weighted by molar-refractivity contribution is -0.282. The van der Waals surface area contributed by atoms with E-state index >= 15 is 0 Å². The van der Waals surface area contributed by atoms with Gasteiger partial charge in [-0.25, -0.2) is 0 Å². The highest BCUT2D eigenvalue weighted by molar-refractivity contribution is 5.91. The van der Waals surface area contributed by atoms with Gasteiger partial charge in [-0.3, -0.25) is 4.79 Å². The molecule has 15 nitrogen and oxygen atoms in total. The number of ether oxygens (including phenoxy) is 5. The standard InChI is InChI=1S/C30H39NO14/c1-41-17-6-2-15(3-7-17)10-11-31-22(34)9-5-16-4-8-18(42-29-27(39)25(37)23(35)20(13-32)44-29)19(12-16)43-30-28(40)26(38)24(36)21(14-33)45-30/h2-9,12,20-21,23-30,32-33,35-40H,10-11,13-14H2,1H3,(H,31,34)/b9-5+/t20-,21-,23-,24-,25+,26+,27-,28-,29-,30-/m1/s1. The molecule has 2 aromatic rings.